The monoisotopic (exact) mass is 343 g/mol. The van der Waals surface area contributed by atoms with Crippen LogP contribution in [-0.4, -0.2) is 52.8 Å². The van der Waals surface area contributed by atoms with Crippen LogP contribution in [0.2, 0.25) is 0 Å². The molecule has 1 N–H and O–H groups in total. The molecule has 24 heavy (non-hydrogen) atoms. The molecule has 0 bridgehead atoms. The summed E-state index contributed by atoms with van der Waals surface area (Å²) >= 11 is 1.66. The van der Waals surface area contributed by atoms with Gasteiger partial charge in [-0.15, -0.1) is 11.8 Å². The smallest absolute Gasteiger partial charge is 0.255 e. The standard InChI is InChI=1S/C18H21N3O2S/c1-2-24-17-8-7-14(13-19-17)18(23)21-11-9-20(10-12-21)15-5-3-4-6-16(15)22/h3-8,13,22H,2,9-12H2,1H3. The number of hydrogen-bond acceptors (Lipinski definition) is 5. The van der Waals surface area contributed by atoms with E-state index < -0.39 is 0 Å². The first-order chi connectivity index (χ1) is 11.7. The van der Waals surface area contributed by atoms with E-state index in [1.165, 1.54) is 0 Å². The van der Waals surface area contributed by atoms with Crippen LogP contribution in [0.15, 0.2) is 47.6 Å². The molecule has 0 aliphatic carbocycles. The second-order valence-corrected chi connectivity index (χ2v) is 6.87. The quantitative estimate of drug-likeness (QED) is 0.865. The molecule has 2 aromatic rings. The van der Waals surface area contributed by atoms with Crippen molar-refractivity contribution in [3.63, 3.8) is 0 Å². The lowest BCUT2D eigenvalue weighted by atomic mass is 10.2. The number of nitrogens with zero attached hydrogens (tertiary/aromatic N) is 3. The second kappa shape index (κ2) is 7.57. The number of carbonyl (C=O) groups is 1. The maximum Gasteiger partial charge on any atom is 0.255 e. The Morgan fingerprint density at radius 2 is 1.92 bits per heavy atom. The van der Waals surface area contributed by atoms with Crippen molar-refractivity contribution in [1.82, 2.24) is 9.88 Å². The van der Waals surface area contributed by atoms with Crippen molar-refractivity contribution in [2.45, 2.75) is 11.9 Å². The lowest BCUT2D eigenvalue weighted by Crippen LogP contribution is -2.48. The van der Waals surface area contributed by atoms with Gasteiger partial charge in [-0.25, -0.2) is 4.98 Å². The molecule has 1 saturated heterocycles. The van der Waals surface area contributed by atoms with Crippen LogP contribution in [0.1, 0.15) is 17.3 Å². The van der Waals surface area contributed by atoms with Crippen LogP contribution < -0.4 is 4.90 Å². The number of carbonyl (C=O) groups excluding carboxylic acids is 1. The van der Waals surface area contributed by atoms with Crippen LogP contribution in [0.5, 0.6) is 5.75 Å². The van der Waals surface area contributed by atoms with Gasteiger partial charge in [0, 0.05) is 32.4 Å². The summed E-state index contributed by atoms with van der Waals surface area (Å²) < 4.78 is 0. The van der Waals surface area contributed by atoms with Gasteiger partial charge in [-0.1, -0.05) is 19.1 Å². The van der Waals surface area contributed by atoms with Crippen LogP contribution in [-0.2, 0) is 0 Å². The van der Waals surface area contributed by atoms with E-state index in [4.69, 9.17) is 0 Å². The highest BCUT2D eigenvalue weighted by Crippen LogP contribution is 2.27. The van der Waals surface area contributed by atoms with E-state index in [2.05, 4.69) is 16.8 Å². The molecule has 1 aliphatic rings. The number of anilines is 1. The molecule has 5 nitrogen and oxygen atoms in total. The predicted molar refractivity (Wildman–Crippen MR) is 96.9 cm³/mol. The molecule has 0 atom stereocenters. The third kappa shape index (κ3) is 3.64. The van der Waals surface area contributed by atoms with Crippen molar-refractivity contribution >= 4 is 23.4 Å². The van der Waals surface area contributed by atoms with Gasteiger partial charge in [-0.05, 0) is 30.0 Å². The Kier molecular flexibility index (Phi) is 5.25. The van der Waals surface area contributed by atoms with Crippen molar-refractivity contribution in [1.29, 1.82) is 0 Å². The van der Waals surface area contributed by atoms with Gasteiger partial charge < -0.3 is 14.9 Å². The summed E-state index contributed by atoms with van der Waals surface area (Å²) in [5, 5.41) is 10.9. The Labute approximate surface area is 146 Å². The molecule has 1 amide bonds. The third-order valence-corrected chi connectivity index (χ3v) is 4.89. The number of thioether (sulfide) groups is 1. The van der Waals surface area contributed by atoms with Crippen LogP contribution in [0.3, 0.4) is 0 Å². The summed E-state index contributed by atoms with van der Waals surface area (Å²) in [6.07, 6.45) is 1.66. The molecule has 1 fully saturated rings. The Hall–Kier alpha value is -2.21. The number of para-hydroxylation sites is 2. The molecular weight excluding hydrogens is 322 g/mol. The number of pyridine rings is 1. The number of amides is 1. The zero-order valence-corrected chi connectivity index (χ0v) is 14.5. The van der Waals surface area contributed by atoms with E-state index in [1.807, 2.05) is 35.2 Å². The Bertz CT molecular complexity index is 698. The van der Waals surface area contributed by atoms with Gasteiger partial charge in [0.2, 0.25) is 0 Å². The Morgan fingerprint density at radius 1 is 1.17 bits per heavy atom. The van der Waals surface area contributed by atoms with Gasteiger partial charge in [-0.2, -0.15) is 0 Å². The van der Waals surface area contributed by atoms with Gasteiger partial charge in [0.05, 0.1) is 16.3 Å². The number of rotatable bonds is 4. The van der Waals surface area contributed by atoms with Crippen molar-refractivity contribution in [2.24, 2.45) is 0 Å². The minimum Gasteiger partial charge on any atom is -0.506 e. The van der Waals surface area contributed by atoms with E-state index in [-0.39, 0.29) is 11.7 Å². The molecule has 0 spiro atoms. The molecule has 1 aromatic heterocycles. The number of phenols is 1. The minimum atomic E-state index is 0.0208. The van der Waals surface area contributed by atoms with E-state index in [1.54, 1.807) is 24.0 Å². The molecule has 2 heterocycles. The highest BCUT2D eigenvalue weighted by atomic mass is 32.2. The van der Waals surface area contributed by atoms with E-state index in [0.29, 0.717) is 31.7 Å². The summed E-state index contributed by atoms with van der Waals surface area (Å²) in [5.74, 6) is 1.27. The van der Waals surface area contributed by atoms with Crippen molar-refractivity contribution in [3.8, 4) is 5.75 Å². The topological polar surface area (TPSA) is 56.7 Å². The fraction of sp³-hybridized carbons (Fsp3) is 0.333. The maximum absolute atomic E-state index is 12.6. The number of phenolic OH excluding ortho intramolecular Hbond substituents is 1. The fourth-order valence-electron chi connectivity index (χ4n) is 2.80. The molecule has 3 rings (SSSR count). The maximum atomic E-state index is 12.6. The third-order valence-electron chi connectivity index (χ3n) is 4.06. The van der Waals surface area contributed by atoms with Crippen molar-refractivity contribution < 1.29 is 9.90 Å². The lowest BCUT2D eigenvalue weighted by Gasteiger charge is -2.36. The number of hydrogen-bond donors (Lipinski definition) is 1. The summed E-state index contributed by atoms with van der Waals surface area (Å²) in [4.78, 5) is 20.9. The van der Waals surface area contributed by atoms with Crippen LogP contribution >= 0.6 is 11.8 Å². The normalized spacial score (nSPS) is 14.7. The lowest BCUT2D eigenvalue weighted by molar-refractivity contribution is 0.0746. The number of benzene rings is 1. The van der Waals surface area contributed by atoms with Gasteiger partial charge in [-0.3, -0.25) is 4.79 Å². The van der Waals surface area contributed by atoms with Crippen LogP contribution in [0, 0.1) is 0 Å². The van der Waals surface area contributed by atoms with Crippen molar-refractivity contribution in [3.05, 3.63) is 48.2 Å². The van der Waals surface area contributed by atoms with Gasteiger partial charge >= 0.3 is 0 Å². The average Bonchev–Trinajstić information content (AvgIpc) is 2.63. The first-order valence-electron chi connectivity index (χ1n) is 8.10. The van der Waals surface area contributed by atoms with Crippen LogP contribution in [0.4, 0.5) is 5.69 Å². The SMILES string of the molecule is CCSc1ccc(C(=O)N2CCN(c3ccccc3O)CC2)cn1. The molecule has 1 aromatic carbocycles. The number of piperazine rings is 1. The number of aromatic nitrogens is 1. The second-order valence-electron chi connectivity index (χ2n) is 5.59. The molecule has 0 saturated carbocycles. The van der Waals surface area contributed by atoms with E-state index >= 15 is 0 Å². The molecule has 0 radical (unpaired) electrons. The average molecular weight is 343 g/mol. The summed E-state index contributed by atoms with van der Waals surface area (Å²) in [6, 6.07) is 11.1. The Balaban J connectivity index is 1.62. The zero-order valence-electron chi connectivity index (χ0n) is 13.7. The van der Waals surface area contributed by atoms with E-state index in [0.717, 1.165) is 16.5 Å². The van der Waals surface area contributed by atoms with Gasteiger partial charge in [0.15, 0.2) is 0 Å². The molecular formula is C18H21N3O2S. The fourth-order valence-corrected chi connectivity index (χ4v) is 3.39. The molecule has 126 valence electrons. The summed E-state index contributed by atoms with van der Waals surface area (Å²) in [5.41, 5.74) is 1.46. The number of aromatic hydroxyl groups is 1. The highest BCUT2D eigenvalue weighted by Gasteiger charge is 2.23. The van der Waals surface area contributed by atoms with Crippen LogP contribution in [0.25, 0.3) is 0 Å². The van der Waals surface area contributed by atoms with Gasteiger partial charge in [0.25, 0.3) is 5.91 Å². The Morgan fingerprint density at radius 3 is 2.54 bits per heavy atom. The molecule has 6 heteroatoms. The summed E-state index contributed by atoms with van der Waals surface area (Å²) in [7, 11) is 0. The van der Waals surface area contributed by atoms with Crippen molar-refractivity contribution in [2.75, 3.05) is 36.8 Å². The highest BCUT2D eigenvalue weighted by molar-refractivity contribution is 7.99. The van der Waals surface area contributed by atoms with E-state index in [9.17, 15) is 9.90 Å². The molecule has 1 aliphatic heterocycles. The first-order valence-corrected chi connectivity index (χ1v) is 9.08. The first kappa shape index (κ1) is 16.6. The minimum absolute atomic E-state index is 0.0208. The largest absolute Gasteiger partial charge is 0.506 e. The zero-order chi connectivity index (χ0) is 16.9. The molecule has 0 unspecified atom stereocenters. The van der Waals surface area contributed by atoms with Gasteiger partial charge in [0.1, 0.15) is 5.75 Å². The predicted octanol–water partition coefficient (Wildman–Crippen LogP) is 2.86. The summed E-state index contributed by atoms with van der Waals surface area (Å²) in [6.45, 7) is 4.77.